The van der Waals surface area contributed by atoms with E-state index in [1.165, 1.54) is 17.7 Å². The number of benzene rings is 1. The van der Waals surface area contributed by atoms with Gasteiger partial charge in [0.2, 0.25) is 0 Å². The number of aromatic nitrogens is 1. The van der Waals surface area contributed by atoms with E-state index in [9.17, 15) is 5.11 Å². The van der Waals surface area contributed by atoms with Crippen LogP contribution >= 0.6 is 0 Å². The normalized spacial score (nSPS) is 18.2. The summed E-state index contributed by atoms with van der Waals surface area (Å²) in [6.07, 6.45) is 5.49. The average Bonchev–Trinajstić information content (AvgIpc) is 2.88. The van der Waals surface area contributed by atoms with E-state index in [2.05, 4.69) is 59.5 Å². The Morgan fingerprint density at radius 1 is 1.19 bits per heavy atom. The molecule has 112 valence electrons. The molecule has 3 rings (SSSR count). The van der Waals surface area contributed by atoms with Crippen molar-refractivity contribution in [3.05, 3.63) is 59.9 Å². The van der Waals surface area contributed by atoms with E-state index in [-0.39, 0.29) is 18.1 Å². The van der Waals surface area contributed by atoms with Gasteiger partial charge in [-0.25, -0.2) is 0 Å². The smallest absolute Gasteiger partial charge is 0.0505 e. The predicted molar refractivity (Wildman–Crippen MR) is 84.8 cm³/mol. The molecule has 0 aliphatic heterocycles. The molecular weight excluding hydrogens is 260 g/mol. The monoisotopic (exact) mass is 284 g/mol. The van der Waals surface area contributed by atoms with Crippen molar-refractivity contribution < 1.29 is 5.11 Å². The van der Waals surface area contributed by atoms with Crippen molar-refractivity contribution in [1.29, 1.82) is 0 Å². The highest BCUT2D eigenvalue weighted by Crippen LogP contribution is 2.49. The Morgan fingerprint density at radius 2 is 1.95 bits per heavy atom. The van der Waals surface area contributed by atoms with Gasteiger partial charge >= 0.3 is 0 Å². The predicted octanol–water partition coefficient (Wildman–Crippen LogP) is 3.02. The van der Waals surface area contributed by atoms with Crippen LogP contribution in [0.3, 0.4) is 0 Å². The molecule has 1 aliphatic rings. The van der Waals surface area contributed by atoms with Gasteiger partial charge in [0.15, 0.2) is 0 Å². The Balaban J connectivity index is 1.81. The summed E-state index contributed by atoms with van der Waals surface area (Å²) in [4.78, 5) is 0. The maximum Gasteiger partial charge on any atom is 0.0505 e. The first-order valence-corrected chi connectivity index (χ1v) is 7.75. The van der Waals surface area contributed by atoms with E-state index < -0.39 is 0 Å². The zero-order valence-electron chi connectivity index (χ0n) is 12.6. The van der Waals surface area contributed by atoms with Crippen LogP contribution in [0.15, 0.2) is 48.7 Å². The van der Waals surface area contributed by atoms with Crippen LogP contribution in [-0.4, -0.2) is 16.3 Å². The Hall–Kier alpha value is -1.58. The first-order chi connectivity index (χ1) is 10.2. The van der Waals surface area contributed by atoms with Gasteiger partial charge in [-0.05, 0) is 30.5 Å². The molecule has 1 aromatic heterocycles. The molecule has 1 heterocycles. The molecule has 1 fully saturated rings. The van der Waals surface area contributed by atoms with Gasteiger partial charge in [0.1, 0.15) is 0 Å². The van der Waals surface area contributed by atoms with Crippen molar-refractivity contribution in [2.75, 3.05) is 6.61 Å². The molecule has 1 aliphatic carbocycles. The molecule has 1 unspecified atom stereocenters. The summed E-state index contributed by atoms with van der Waals surface area (Å²) >= 11 is 0. The highest BCUT2D eigenvalue weighted by atomic mass is 16.3. The summed E-state index contributed by atoms with van der Waals surface area (Å²) in [7, 11) is 2.07. The van der Waals surface area contributed by atoms with Crippen molar-refractivity contribution in [1.82, 2.24) is 9.88 Å². The first kappa shape index (κ1) is 14.4. The fourth-order valence-electron chi connectivity index (χ4n) is 3.39. The van der Waals surface area contributed by atoms with E-state index in [1.54, 1.807) is 0 Å². The van der Waals surface area contributed by atoms with Crippen molar-refractivity contribution in [3.63, 3.8) is 0 Å². The number of nitrogens with zero attached hydrogens (tertiary/aromatic N) is 1. The summed E-state index contributed by atoms with van der Waals surface area (Å²) < 4.78 is 2.14. The number of aliphatic hydroxyl groups excluding tert-OH is 1. The quantitative estimate of drug-likeness (QED) is 0.855. The molecule has 0 radical (unpaired) electrons. The summed E-state index contributed by atoms with van der Waals surface area (Å²) in [6, 6.07) is 15.0. The van der Waals surface area contributed by atoms with E-state index >= 15 is 0 Å². The molecule has 21 heavy (non-hydrogen) atoms. The van der Waals surface area contributed by atoms with Gasteiger partial charge in [-0.3, -0.25) is 0 Å². The van der Waals surface area contributed by atoms with Gasteiger partial charge in [-0.2, -0.15) is 0 Å². The Labute approximate surface area is 126 Å². The molecule has 3 heteroatoms. The minimum absolute atomic E-state index is 0.00647. The molecule has 0 amide bonds. The van der Waals surface area contributed by atoms with Crippen LogP contribution in [-0.2, 0) is 13.6 Å². The van der Waals surface area contributed by atoms with Crippen LogP contribution < -0.4 is 5.32 Å². The van der Waals surface area contributed by atoms with Crippen LogP contribution in [0.1, 0.15) is 36.6 Å². The van der Waals surface area contributed by atoms with Gasteiger partial charge in [-0.1, -0.05) is 36.8 Å². The van der Waals surface area contributed by atoms with Crippen molar-refractivity contribution in [2.24, 2.45) is 12.5 Å². The lowest BCUT2D eigenvalue weighted by atomic mass is 9.63. The highest BCUT2D eigenvalue weighted by molar-refractivity contribution is 5.23. The highest BCUT2D eigenvalue weighted by Gasteiger charge is 2.44. The van der Waals surface area contributed by atoms with Gasteiger partial charge < -0.3 is 15.0 Å². The van der Waals surface area contributed by atoms with Crippen molar-refractivity contribution >= 4 is 0 Å². The molecular formula is C18H24N2O. The minimum Gasteiger partial charge on any atom is -0.396 e. The second kappa shape index (κ2) is 6.04. The lowest BCUT2D eigenvalue weighted by molar-refractivity contribution is 0.00442. The van der Waals surface area contributed by atoms with Gasteiger partial charge in [-0.15, -0.1) is 0 Å². The van der Waals surface area contributed by atoms with Crippen LogP contribution in [0.2, 0.25) is 0 Å². The average molecular weight is 284 g/mol. The van der Waals surface area contributed by atoms with Gasteiger partial charge in [0.25, 0.3) is 0 Å². The Bertz CT molecular complexity index is 566. The summed E-state index contributed by atoms with van der Waals surface area (Å²) in [5, 5.41) is 13.6. The maximum absolute atomic E-state index is 9.93. The van der Waals surface area contributed by atoms with Crippen molar-refractivity contribution in [2.45, 2.75) is 31.8 Å². The first-order valence-electron chi connectivity index (χ1n) is 7.75. The van der Waals surface area contributed by atoms with E-state index in [0.29, 0.717) is 0 Å². The van der Waals surface area contributed by atoms with Crippen LogP contribution in [0.25, 0.3) is 0 Å². The SMILES string of the molecule is Cn1cccc1CNC(c1ccccc1)C1(CO)CCC1. The van der Waals surface area contributed by atoms with Gasteiger partial charge in [0, 0.05) is 36.9 Å². The maximum atomic E-state index is 9.93. The lowest BCUT2D eigenvalue weighted by Gasteiger charge is -2.47. The molecule has 1 atom stereocenters. The number of hydrogen-bond donors (Lipinski definition) is 2. The zero-order valence-corrected chi connectivity index (χ0v) is 12.6. The lowest BCUT2D eigenvalue weighted by Crippen LogP contribution is -2.45. The second-order valence-corrected chi connectivity index (χ2v) is 6.21. The number of rotatable bonds is 6. The van der Waals surface area contributed by atoms with Crippen LogP contribution in [0, 0.1) is 5.41 Å². The number of aliphatic hydroxyl groups is 1. The zero-order chi connectivity index (χ0) is 14.7. The fraction of sp³-hybridized carbons (Fsp3) is 0.444. The summed E-state index contributed by atoms with van der Waals surface area (Å²) in [5.41, 5.74) is 2.55. The number of nitrogens with one attached hydrogen (secondary N) is 1. The molecule has 0 saturated heterocycles. The molecule has 0 bridgehead atoms. The van der Waals surface area contributed by atoms with Crippen molar-refractivity contribution in [3.8, 4) is 0 Å². The molecule has 2 N–H and O–H groups in total. The third-order valence-electron chi connectivity index (χ3n) is 4.95. The Kier molecular flexibility index (Phi) is 4.13. The second-order valence-electron chi connectivity index (χ2n) is 6.21. The van der Waals surface area contributed by atoms with Crippen LogP contribution in [0.5, 0.6) is 0 Å². The molecule has 3 nitrogen and oxygen atoms in total. The van der Waals surface area contributed by atoms with Gasteiger partial charge in [0.05, 0.1) is 6.61 Å². The molecule has 2 aromatic rings. The molecule has 1 saturated carbocycles. The van der Waals surface area contributed by atoms with Crippen LogP contribution in [0.4, 0.5) is 0 Å². The minimum atomic E-state index is 0.00647. The number of aryl methyl sites for hydroxylation is 1. The molecule has 0 spiro atoms. The van der Waals surface area contributed by atoms with E-state index in [0.717, 1.165) is 19.4 Å². The molecule has 1 aromatic carbocycles. The topological polar surface area (TPSA) is 37.2 Å². The third-order valence-corrected chi connectivity index (χ3v) is 4.95. The fourth-order valence-corrected chi connectivity index (χ4v) is 3.39. The largest absolute Gasteiger partial charge is 0.396 e. The summed E-state index contributed by atoms with van der Waals surface area (Å²) in [5.74, 6) is 0. The Morgan fingerprint density at radius 3 is 2.48 bits per heavy atom. The number of hydrogen-bond acceptors (Lipinski definition) is 2. The third kappa shape index (κ3) is 2.76. The summed E-state index contributed by atoms with van der Waals surface area (Å²) in [6.45, 7) is 1.08. The van der Waals surface area contributed by atoms with E-state index in [4.69, 9.17) is 0 Å². The standard InChI is InChI=1S/C18H24N2O/c1-20-12-5-9-16(20)13-19-17(15-7-3-2-4-8-15)18(14-21)10-6-11-18/h2-5,7-9,12,17,19,21H,6,10-11,13-14H2,1H3. The van der Waals surface area contributed by atoms with E-state index in [1.807, 2.05) is 6.07 Å².